The van der Waals surface area contributed by atoms with Crippen molar-refractivity contribution in [2.75, 3.05) is 57.8 Å². The highest BCUT2D eigenvalue weighted by atomic mass is 19.2. The zero-order chi connectivity index (χ0) is 24.8. The van der Waals surface area contributed by atoms with E-state index >= 15 is 0 Å². The third kappa shape index (κ3) is 3.87. The van der Waals surface area contributed by atoms with E-state index in [1.54, 1.807) is 12.4 Å². The fourth-order valence-electron chi connectivity index (χ4n) is 5.46. The second-order valence-corrected chi connectivity index (χ2v) is 9.61. The van der Waals surface area contributed by atoms with Crippen LogP contribution < -0.4 is 4.90 Å². The Labute approximate surface area is 208 Å². The minimum absolute atomic E-state index is 0.694. The Hall–Kier alpha value is -3.59. The van der Waals surface area contributed by atoms with Gasteiger partial charge in [0.25, 0.3) is 0 Å². The molecular weight excluding hydrogens is 460 g/mol. The van der Waals surface area contributed by atoms with Crippen molar-refractivity contribution in [3.05, 3.63) is 65.5 Å². The summed E-state index contributed by atoms with van der Waals surface area (Å²) in [6, 6.07) is 10.5. The summed E-state index contributed by atoms with van der Waals surface area (Å²) in [4.78, 5) is 21.1. The van der Waals surface area contributed by atoms with Crippen molar-refractivity contribution in [1.29, 1.82) is 0 Å². The Morgan fingerprint density at radius 3 is 2.50 bits per heavy atom. The number of hydrogen-bond acceptors (Lipinski definition) is 6. The fraction of sp³-hybridized carbons (Fsp3) is 0.370. The third-order valence-corrected chi connectivity index (χ3v) is 7.45. The second kappa shape index (κ2) is 9.13. The Balaban J connectivity index is 1.25. The van der Waals surface area contributed by atoms with Crippen LogP contribution in [-0.2, 0) is 13.5 Å². The van der Waals surface area contributed by atoms with Crippen molar-refractivity contribution in [3.63, 3.8) is 0 Å². The van der Waals surface area contributed by atoms with Gasteiger partial charge in [-0.05, 0) is 30.2 Å². The molecule has 1 saturated heterocycles. The van der Waals surface area contributed by atoms with Gasteiger partial charge in [0.15, 0.2) is 17.5 Å². The summed E-state index contributed by atoms with van der Waals surface area (Å²) in [5, 5.41) is 1.12. The van der Waals surface area contributed by atoms with Gasteiger partial charge in [-0.3, -0.25) is 9.89 Å². The number of halogens is 2. The van der Waals surface area contributed by atoms with Crippen LogP contribution in [0, 0.1) is 11.6 Å². The monoisotopic (exact) mass is 489 g/mol. The number of aryl methyl sites for hydroxylation is 1. The molecule has 0 amide bonds. The minimum atomic E-state index is -0.799. The van der Waals surface area contributed by atoms with Crippen molar-refractivity contribution in [1.82, 2.24) is 24.3 Å². The van der Waals surface area contributed by atoms with Crippen molar-refractivity contribution in [3.8, 4) is 0 Å². The molecule has 2 aliphatic rings. The predicted octanol–water partition coefficient (Wildman–Crippen LogP) is 3.46. The molecule has 1 fully saturated rings. The number of benzene rings is 2. The van der Waals surface area contributed by atoms with Crippen LogP contribution in [0.3, 0.4) is 0 Å². The van der Waals surface area contributed by atoms with Gasteiger partial charge in [-0.25, -0.2) is 18.7 Å². The van der Waals surface area contributed by atoms with E-state index in [9.17, 15) is 8.78 Å². The molecule has 6 rings (SSSR count). The highest BCUT2D eigenvalue weighted by Gasteiger charge is 2.25. The topological polar surface area (TPSA) is 52.8 Å². The first-order valence-electron chi connectivity index (χ1n) is 12.4. The standard InChI is InChI=1S/C27H29F2N7/c1-33-11-9-30-26(33)19-4-3-5-22-23(19)24-25(34(22)2)27(32-17-31-24)36-14-12-35(13-15-36)10-8-18-6-7-20(28)21(29)16-18/h3-7,16-17H,8-15H2,1-2H3. The van der Waals surface area contributed by atoms with Gasteiger partial charge < -0.3 is 14.4 Å². The molecule has 0 atom stereocenters. The number of hydrogen-bond donors (Lipinski definition) is 0. The van der Waals surface area contributed by atoms with Crippen LogP contribution in [-0.4, -0.2) is 83.0 Å². The fourth-order valence-corrected chi connectivity index (χ4v) is 5.46. The van der Waals surface area contributed by atoms with E-state index < -0.39 is 11.6 Å². The summed E-state index contributed by atoms with van der Waals surface area (Å²) in [5.74, 6) is 0.386. The zero-order valence-corrected chi connectivity index (χ0v) is 20.6. The molecule has 0 spiro atoms. The Morgan fingerprint density at radius 2 is 1.75 bits per heavy atom. The van der Waals surface area contributed by atoms with Gasteiger partial charge in [-0.2, -0.15) is 0 Å². The Morgan fingerprint density at radius 1 is 0.917 bits per heavy atom. The summed E-state index contributed by atoms with van der Waals surface area (Å²) in [5.41, 5.74) is 5.05. The van der Waals surface area contributed by atoms with Crippen molar-refractivity contribution >= 4 is 33.6 Å². The molecule has 0 radical (unpaired) electrons. The van der Waals surface area contributed by atoms with E-state index in [-0.39, 0.29) is 0 Å². The van der Waals surface area contributed by atoms with Crippen LogP contribution >= 0.6 is 0 Å². The SMILES string of the molecule is CN1CCN=C1c1cccc2c1c1ncnc(N3CCN(CCc4ccc(F)c(F)c4)CC3)c1n2C. The Kier molecular flexibility index (Phi) is 5.79. The van der Waals surface area contributed by atoms with Crippen LogP contribution in [0.1, 0.15) is 11.1 Å². The quantitative estimate of drug-likeness (QED) is 0.430. The van der Waals surface area contributed by atoms with E-state index in [4.69, 9.17) is 15.0 Å². The molecule has 9 heteroatoms. The van der Waals surface area contributed by atoms with Gasteiger partial charge in [0, 0.05) is 64.3 Å². The summed E-state index contributed by atoms with van der Waals surface area (Å²) >= 11 is 0. The number of nitrogens with zero attached hydrogens (tertiary/aromatic N) is 7. The minimum Gasteiger partial charge on any atom is -0.358 e. The van der Waals surface area contributed by atoms with Gasteiger partial charge >= 0.3 is 0 Å². The van der Waals surface area contributed by atoms with Gasteiger partial charge in [0.1, 0.15) is 23.2 Å². The number of amidine groups is 1. The van der Waals surface area contributed by atoms with Crippen molar-refractivity contribution < 1.29 is 8.78 Å². The molecule has 7 nitrogen and oxygen atoms in total. The summed E-state index contributed by atoms with van der Waals surface area (Å²) in [6.07, 6.45) is 2.36. The lowest BCUT2D eigenvalue weighted by Gasteiger charge is -2.35. The van der Waals surface area contributed by atoms with Gasteiger partial charge in [-0.15, -0.1) is 0 Å². The lowest BCUT2D eigenvalue weighted by atomic mass is 10.1. The number of likely N-dealkylation sites (N-methyl/N-ethyl adjacent to an activating group) is 1. The van der Waals surface area contributed by atoms with Crippen molar-refractivity contribution in [2.24, 2.45) is 12.0 Å². The van der Waals surface area contributed by atoms with E-state index in [1.807, 2.05) is 0 Å². The van der Waals surface area contributed by atoms with Crippen LogP contribution in [0.5, 0.6) is 0 Å². The van der Waals surface area contributed by atoms with E-state index in [0.717, 1.165) is 90.5 Å². The maximum Gasteiger partial charge on any atom is 0.159 e. The number of fused-ring (bicyclic) bond motifs is 3. The molecule has 0 aliphatic carbocycles. The average Bonchev–Trinajstić information content (AvgIpc) is 3.46. The molecule has 186 valence electrons. The maximum absolute atomic E-state index is 13.5. The molecule has 4 aromatic rings. The van der Waals surface area contributed by atoms with E-state index in [1.165, 1.54) is 12.1 Å². The lowest BCUT2D eigenvalue weighted by Crippen LogP contribution is -2.47. The van der Waals surface area contributed by atoms with Gasteiger partial charge in [0.05, 0.1) is 12.1 Å². The Bertz CT molecular complexity index is 1470. The second-order valence-electron chi connectivity index (χ2n) is 9.61. The van der Waals surface area contributed by atoms with Gasteiger partial charge in [0.2, 0.25) is 0 Å². The highest BCUT2D eigenvalue weighted by Crippen LogP contribution is 2.35. The van der Waals surface area contributed by atoms with Crippen LogP contribution in [0.2, 0.25) is 0 Å². The lowest BCUT2D eigenvalue weighted by molar-refractivity contribution is 0.260. The van der Waals surface area contributed by atoms with Crippen LogP contribution in [0.25, 0.3) is 21.9 Å². The molecule has 0 unspecified atom stereocenters. The average molecular weight is 490 g/mol. The van der Waals surface area contributed by atoms with Crippen molar-refractivity contribution in [2.45, 2.75) is 6.42 Å². The van der Waals surface area contributed by atoms with E-state index in [2.05, 4.69) is 51.6 Å². The van der Waals surface area contributed by atoms with E-state index in [0.29, 0.717) is 6.42 Å². The molecule has 0 N–H and O–H groups in total. The normalized spacial score (nSPS) is 16.9. The maximum atomic E-state index is 13.5. The molecule has 2 aliphatic heterocycles. The highest BCUT2D eigenvalue weighted by molar-refractivity contribution is 6.19. The summed E-state index contributed by atoms with van der Waals surface area (Å²) in [6.45, 7) is 6.00. The molecule has 36 heavy (non-hydrogen) atoms. The first kappa shape index (κ1) is 22.8. The first-order valence-corrected chi connectivity index (χ1v) is 12.4. The summed E-state index contributed by atoms with van der Waals surface area (Å²) < 4.78 is 28.9. The molecule has 2 aromatic carbocycles. The third-order valence-electron chi connectivity index (χ3n) is 7.45. The largest absolute Gasteiger partial charge is 0.358 e. The van der Waals surface area contributed by atoms with Gasteiger partial charge in [-0.1, -0.05) is 18.2 Å². The van der Waals surface area contributed by atoms with Crippen LogP contribution in [0.15, 0.2) is 47.7 Å². The number of aromatic nitrogens is 3. The zero-order valence-electron chi connectivity index (χ0n) is 20.6. The molecule has 4 heterocycles. The number of rotatable bonds is 5. The smallest absolute Gasteiger partial charge is 0.159 e. The summed E-state index contributed by atoms with van der Waals surface area (Å²) in [7, 11) is 4.17. The van der Waals surface area contributed by atoms with Crippen LogP contribution in [0.4, 0.5) is 14.6 Å². The molecule has 2 aromatic heterocycles. The molecule has 0 saturated carbocycles. The number of piperazine rings is 1. The molecule has 0 bridgehead atoms. The first-order chi connectivity index (χ1) is 17.5. The predicted molar refractivity (Wildman–Crippen MR) is 139 cm³/mol. The molecular formula is C27H29F2N7. The number of aliphatic imine (C=N–C) groups is 1. The number of anilines is 1.